The molecule has 5 aromatic carbocycles. The number of fused-ring (bicyclic) bond motifs is 3. The number of rotatable bonds is 5. The Bertz CT molecular complexity index is 2250. The third-order valence-electron chi connectivity index (χ3n) is 8.40. The highest BCUT2D eigenvalue weighted by atomic mass is 14.8. The van der Waals surface area contributed by atoms with Crippen LogP contribution in [0.15, 0.2) is 158 Å². The minimum absolute atomic E-state index is 0.892. The topological polar surface area (TPSA) is 38.7 Å². The van der Waals surface area contributed by atoms with E-state index in [9.17, 15) is 0 Å². The zero-order valence-corrected chi connectivity index (χ0v) is 24.9. The van der Waals surface area contributed by atoms with Crippen molar-refractivity contribution in [3.05, 3.63) is 163 Å². The van der Waals surface area contributed by atoms with Gasteiger partial charge in [-0.05, 0) is 47.9 Å². The molecule has 0 aliphatic carbocycles. The fraction of sp³-hybridized carbons (Fsp3) is 0.0238. The molecule has 0 unspecified atom stereocenters. The SMILES string of the molecule is Cc1cc(-c2ccccc2)nc2c1ccc1ccc(-c3ccccc3-c3cc(-c4ccccc4)cc(-c4ccccc4)n3)nc12. The van der Waals surface area contributed by atoms with Gasteiger partial charge in [0.25, 0.3) is 0 Å². The van der Waals surface area contributed by atoms with Crippen LogP contribution in [0.1, 0.15) is 5.56 Å². The lowest BCUT2D eigenvalue weighted by Crippen LogP contribution is -1.95. The normalized spacial score (nSPS) is 11.2. The second kappa shape index (κ2) is 11.3. The maximum Gasteiger partial charge on any atom is 0.0975 e. The van der Waals surface area contributed by atoms with Crippen molar-refractivity contribution in [2.45, 2.75) is 6.92 Å². The maximum atomic E-state index is 5.31. The average Bonchev–Trinajstić information content (AvgIpc) is 3.12. The monoisotopic (exact) mass is 575 g/mol. The molecule has 0 N–H and O–H groups in total. The Morgan fingerprint density at radius 3 is 1.53 bits per heavy atom. The van der Waals surface area contributed by atoms with E-state index in [1.54, 1.807) is 0 Å². The second-order valence-electron chi connectivity index (χ2n) is 11.3. The molecule has 212 valence electrons. The van der Waals surface area contributed by atoms with Crippen LogP contribution in [0.3, 0.4) is 0 Å². The van der Waals surface area contributed by atoms with E-state index in [2.05, 4.69) is 146 Å². The average molecular weight is 576 g/mol. The molecule has 8 rings (SSSR count). The molecule has 0 fully saturated rings. The standard InChI is InChI=1S/C42H29N3/c1-28-25-38(30-15-7-3-8-16-30)45-42-34(28)23-21-32-22-24-37(44-41(32)42)35-19-11-12-20-36(35)40-27-33(29-13-5-2-6-14-29)26-39(43-40)31-17-9-4-10-18-31/h2-27H,1H3. The van der Waals surface area contributed by atoms with Crippen LogP contribution in [0, 0.1) is 6.92 Å². The molecule has 0 aliphatic heterocycles. The van der Waals surface area contributed by atoms with Gasteiger partial charge >= 0.3 is 0 Å². The Hall–Kier alpha value is -5.93. The van der Waals surface area contributed by atoms with E-state index in [0.29, 0.717) is 0 Å². The Morgan fingerprint density at radius 1 is 0.356 bits per heavy atom. The summed E-state index contributed by atoms with van der Waals surface area (Å²) in [5.41, 5.74) is 13.2. The number of benzene rings is 5. The van der Waals surface area contributed by atoms with E-state index in [4.69, 9.17) is 15.0 Å². The van der Waals surface area contributed by atoms with Crippen LogP contribution < -0.4 is 0 Å². The Balaban J connectivity index is 1.32. The fourth-order valence-electron chi connectivity index (χ4n) is 6.10. The molecule has 45 heavy (non-hydrogen) atoms. The minimum atomic E-state index is 0.892. The van der Waals surface area contributed by atoms with Crippen LogP contribution in [0.2, 0.25) is 0 Å². The predicted octanol–water partition coefficient (Wildman–Crippen LogP) is 10.8. The molecule has 8 aromatic rings. The molecule has 0 bridgehead atoms. The molecular formula is C42H29N3. The zero-order chi connectivity index (χ0) is 30.2. The van der Waals surface area contributed by atoms with Gasteiger partial charge in [-0.1, -0.05) is 133 Å². The molecule has 0 radical (unpaired) electrons. The molecule has 0 aliphatic rings. The number of aromatic nitrogens is 3. The maximum absolute atomic E-state index is 5.31. The van der Waals surface area contributed by atoms with Gasteiger partial charge in [-0.15, -0.1) is 0 Å². The van der Waals surface area contributed by atoms with E-state index in [-0.39, 0.29) is 0 Å². The zero-order valence-electron chi connectivity index (χ0n) is 24.9. The van der Waals surface area contributed by atoms with Crippen molar-refractivity contribution in [1.82, 2.24) is 15.0 Å². The van der Waals surface area contributed by atoms with Gasteiger partial charge < -0.3 is 0 Å². The van der Waals surface area contributed by atoms with E-state index in [1.807, 2.05) is 18.2 Å². The first-order chi connectivity index (χ1) is 22.2. The van der Waals surface area contributed by atoms with Gasteiger partial charge in [0.05, 0.1) is 33.8 Å². The van der Waals surface area contributed by atoms with Gasteiger partial charge in [-0.2, -0.15) is 0 Å². The first-order valence-corrected chi connectivity index (χ1v) is 15.2. The van der Waals surface area contributed by atoms with Crippen LogP contribution in [-0.4, -0.2) is 15.0 Å². The third kappa shape index (κ3) is 5.05. The van der Waals surface area contributed by atoms with Crippen LogP contribution in [0.25, 0.3) is 78.0 Å². The van der Waals surface area contributed by atoms with E-state index in [1.165, 1.54) is 5.56 Å². The molecule has 3 aromatic heterocycles. The van der Waals surface area contributed by atoms with Crippen molar-refractivity contribution < 1.29 is 0 Å². The van der Waals surface area contributed by atoms with Crippen LogP contribution in [0.4, 0.5) is 0 Å². The summed E-state index contributed by atoms with van der Waals surface area (Å²) >= 11 is 0. The lowest BCUT2D eigenvalue weighted by atomic mass is 9.96. The predicted molar refractivity (Wildman–Crippen MR) is 187 cm³/mol. The first kappa shape index (κ1) is 26.7. The summed E-state index contributed by atoms with van der Waals surface area (Å²) in [6.45, 7) is 2.15. The smallest absolute Gasteiger partial charge is 0.0975 e. The number of pyridine rings is 3. The largest absolute Gasteiger partial charge is 0.248 e. The van der Waals surface area contributed by atoms with Crippen molar-refractivity contribution in [2.75, 3.05) is 0 Å². The Kier molecular flexibility index (Phi) is 6.69. The number of hydrogen-bond donors (Lipinski definition) is 0. The third-order valence-corrected chi connectivity index (χ3v) is 8.40. The molecule has 0 spiro atoms. The molecule has 0 amide bonds. The highest BCUT2D eigenvalue weighted by Crippen LogP contribution is 2.36. The van der Waals surface area contributed by atoms with Gasteiger partial charge in [0.15, 0.2) is 0 Å². The minimum Gasteiger partial charge on any atom is -0.248 e. The molecule has 3 heterocycles. The Labute approximate surface area is 262 Å². The summed E-state index contributed by atoms with van der Waals surface area (Å²) in [6.07, 6.45) is 0. The van der Waals surface area contributed by atoms with E-state index >= 15 is 0 Å². The molecule has 0 saturated carbocycles. The molecule has 0 saturated heterocycles. The summed E-state index contributed by atoms with van der Waals surface area (Å²) in [5, 5.41) is 2.18. The quantitative estimate of drug-likeness (QED) is 0.192. The van der Waals surface area contributed by atoms with Crippen LogP contribution in [-0.2, 0) is 0 Å². The number of hydrogen-bond acceptors (Lipinski definition) is 3. The summed E-state index contributed by atoms with van der Waals surface area (Å²) in [5.74, 6) is 0. The highest BCUT2D eigenvalue weighted by Gasteiger charge is 2.16. The van der Waals surface area contributed by atoms with Gasteiger partial charge in [0.2, 0.25) is 0 Å². The van der Waals surface area contributed by atoms with Crippen LogP contribution >= 0.6 is 0 Å². The number of nitrogens with zero attached hydrogens (tertiary/aromatic N) is 3. The van der Waals surface area contributed by atoms with Crippen LogP contribution in [0.5, 0.6) is 0 Å². The summed E-state index contributed by atoms with van der Waals surface area (Å²) in [6, 6.07) is 54.8. The lowest BCUT2D eigenvalue weighted by Gasteiger charge is -2.14. The van der Waals surface area contributed by atoms with Crippen molar-refractivity contribution >= 4 is 21.8 Å². The van der Waals surface area contributed by atoms with Gasteiger partial charge in [-0.3, -0.25) is 0 Å². The van der Waals surface area contributed by atoms with Crippen molar-refractivity contribution in [3.8, 4) is 56.2 Å². The lowest BCUT2D eigenvalue weighted by molar-refractivity contribution is 1.31. The Morgan fingerprint density at radius 2 is 0.867 bits per heavy atom. The van der Waals surface area contributed by atoms with Gasteiger partial charge in [-0.25, -0.2) is 15.0 Å². The first-order valence-electron chi connectivity index (χ1n) is 15.2. The van der Waals surface area contributed by atoms with E-state index < -0.39 is 0 Å². The summed E-state index contributed by atoms with van der Waals surface area (Å²) < 4.78 is 0. The molecule has 3 nitrogen and oxygen atoms in total. The van der Waals surface area contributed by atoms with Gasteiger partial charge in [0, 0.05) is 33.0 Å². The molecule has 0 atom stereocenters. The molecule has 3 heteroatoms. The summed E-state index contributed by atoms with van der Waals surface area (Å²) in [7, 11) is 0. The number of aryl methyl sites for hydroxylation is 1. The molecular weight excluding hydrogens is 546 g/mol. The fourth-order valence-corrected chi connectivity index (χ4v) is 6.10. The highest BCUT2D eigenvalue weighted by molar-refractivity contribution is 6.05. The van der Waals surface area contributed by atoms with Crippen molar-refractivity contribution in [1.29, 1.82) is 0 Å². The summed E-state index contributed by atoms with van der Waals surface area (Å²) in [4.78, 5) is 15.7. The van der Waals surface area contributed by atoms with Crippen molar-refractivity contribution in [3.63, 3.8) is 0 Å². The second-order valence-corrected chi connectivity index (χ2v) is 11.3. The van der Waals surface area contributed by atoms with Gasteiger partial charge in [0.1, 0.15) is 0 Å². The van der Waals surface area contributed by atoms with Crippen molar-refractivity contribution in [2.24, 2.45) is 0 Å². The van der Waals surface area contributed by atoms with E-state index in [0.717, 1.165) is 78.0 Å².